The Morgan fingerprint density at radius 2 is 1.35 bits per heavy atom. The van der Waals surface area contributed by atoms with Crippen LogP contribution in [0.15, 0.2) is 0 Å². The largest absolute Gasteiger partial charge is 0.396 e. The van der Waals surface area contributed by atoms with Crippen LogP contribution < -0.4 is 0 Å². The molecule has 0 spiro atoms. The molecule has 1 atom stereocenters. The number of hydrogen-bond donors (Lipinski definition) is 2. The van der Waals surface area contributed by atoms with Crippen LogP contribution in [-0.4, -0.2) is 22.9 Å². The van der Waals surface area contributed by atoms with Crippen molar-refractivity contribution in [2.75, 3.05) is 6.61 Å². The summed E-state index contributed by atoms with van der Waals surface area (Å²) in [6.45, 7) is 10.7. The predicted molar refractivity (Wildman–Crippen MR) is 76.2 cm³/mol. The molecule has 2 nitrogen and oxygen atoms in total. The highest BCUT2D eigenvalue weighted by Crippen LogP contribution is 2.20. The molecular weight excluding hydrogens is 212 g/mol. The highest BCUT2D eigenvalue weighted by Gasteiger charge is 2.19. The first-order valence-electron chi connectivity index (χ1n) is 7.19. The molecule has 0 aliphatic carbocycles. The molecule has 0 fully saturated rings. The molecule has 0 aliphatic heterocycles. The third kappa shape index (κ3) is 15.9. The van der Waals surface area contributed by atoms with E-state index in [1.54, 1.807) is 0 Å². The third-order valence-electron chi connectivity index (χ3n) is 2.90. The van der Waals surface area contributed by atoms with Gasteiger partial charge in [-0.05, 0) is 18.3 Å². The third-order valence-corrected chi connectivity index (χ3v) is 2.90. The lowest BCUT2D eigenvalue weighted by molar-refractivity contribution is 0.0600. The van der Waals surface area contributed by atoms with Crippen molar-refractivity contribution >= 4 is 0 Å². The molecule has 0 heterocycles. The second-order valence-corrected chi connectivity index (χ2v) is 5.78. The number of unbranched alkanes of at least 4 members (excludes halogenated alkanes) is 5. The molecule has 0 amide bonds. The normalized spacial score (nSPS) is 12.9. The Morgan fingerprint density at radius 3 is 1.65 bits per heavy atom. The zero-order chi connectivity index (χ0) is 13.7. The second kappa shape index (κ2) is 12.4. The molecular formula is C15H34O2. The number of aliphatic hydroxyl groups excluding tert-OH is 2. The van der Waals surface area contributed by atoms with Crippen molar-refractivity contribution in [1.29, 1.82) is 0 Å². The van der Waals surface area contributed by atoms with E-state index in [0.29, 0.717) is 6.61 Å². The zero-order valence-electron chi connectivity index (χ0n) is 12.6. The summed E-state index contributed by atoms with van der Waals surface area (Å²) in [5, 5.41) is 17.6. The van der Waals surface area contributed by atoms with Gasteiger partial charge in [-0.25, -0.2) is 0 Å². The molecule has 2 heteroatoms. The Balaban J connectivity index is 0. The molecule has 1 unspecified atom stereocenters. The van der Waals surface area contributed by atoms with Gasteiger partial charge >= 0.3 is 0 Å². The van der Waals surface area contributed by atoms with Crippen LogP contribution in [-0.2, 0) is 0 Å². The van der Waals surface area contributed by atoms with Crippen LogP contribution in [0.2, 0.25) is 0 Å². The first kappa shape index (κ1) is 19.3. The molecule has 17 heavy (non-hydrogen) atoms. The summed E-state index contributed by atoms with van der Waals surface area (Å²) in [6, 6.07) is 0. The monoisotopic (exact) mass is 246 g/mol. The van der Waals surface area contributed by atoms with E-state index in [1.165, 1.54) is 32.1 Å². The topological polar surface area (TPSA) is 40.5 Å². The van der Waals surface area contributed by atoms with Gasteiger partial charge in [-0.3, -0.25) is 0 Å². The fraction of sp³-hybridized carbons (Fsp3) is 1.00. The lowest BCUT2D eigenvalue weighted by Gasteiger charge is -2.24. The summed E-state index contributed by atoms with van der Waals surface area (Å²) < 4.78 is 0. The maximum Gasteiger partial charge on any atom is 0.0585 e. The lowest BCUT2D eigenvalue weighted by atomic mass is 9.88. The molecule has 0 rings (SSSR count). The standard InChI is InChI=1S/C8H18O.C7H16O/c1-2-3-4-5-6-7-8-9;1-5-6(8)7(2,3)4/h9H,2-8H2,1H3;6,8H,5H2,1-4H3. The number of aliphatic hydroxyl groups is 2. The Morgan fingerprint density at radius 1 is 0.882 bits per heavy atom. The van der Waals surface area contributed by atoms with Crippen molar-refractivity contribution in [2.45, 2.75) is 85.7 Å². The van der Waals surface area contributed by atoms with Crippen molar-refractivity contribution in [3.8, 4) is 0 Å². The van der Waals surface area contributed by atoms with Crippen molar-refractivity contribution in [1.82, 2.24) is 0 Å². The molecule has 0 saturated heterocycles. The van der Waals surface area contributed by atoms with E-state index >= 15 is 0 Å². The molecule has 0 radical (unpaired) electrons. The maximum absolute atomic E-state index is 9.19. The van der Waals surface area contributed by atoms with Crippen LogP contribution in [0, 0.1) is 5.41 Å². The van der Waals surface area contributed by atoms with Crippen LogP contribution in [0.5, 0.6) is 0 Å². The Hall–Kier alpha value is -0.0800. The average molecular weight is 246 g/mol. The van der Waals surface area contributed by atoms with E-state index in [2.05, 4.69) is 6.92 Å². The van der Waals surface area contributed by atoms with Crippen LogP contribution in [0.1, 0.15) is 79.6 Å². The van der Waals surface area contributed by atoms with Gasteiger partial charge in [0.1, 0.15) is 0 Å². The minimum Gasteiger partial charge on any atom is -0.396 e. The zero-order valence-corrected chi connectivity index (χ0v) is 12.6. The lowest BCUT2D eigenvalue weighted by Crippen LogP contribution is -2.24. The van der Waals surface area contributed by atoms with Gasteiger partial charge in [0.25, 0.3) is 0 Å². The predicted octanol–water partition coefficient (Wildman–Crippen LogP) is 4.14. The van der Waals surface area contributed by atoms with E-state index in [-0.39, 0.29) is 11.5 Å². The summed E-state index contributed by atoms with van der Waals surface area (Å²) in [5.41, 5.74) is 0.0642. The van der Waals surface area contributed by atoms with Gasteiger partial charge in [0.05, 0.1) is 6.10 Å². The van der Waals surface area contributed by atoms with Gasteiger partial charge in [-0.1, -0.05) is 66.7 Å². The quantitative estimate of drug-likeness (QED) is 0.663. The van der Waals surface area contributed by atoms with Crippen molar-refractivity contribution in [3.05, 3.63) is 0 Å². The maximum atomic E-state index is 9.19. The van der Waals surface area contributed by atoms with E-state index < -0.39 is 0 Å². The smallest absolute Gasteiger partial charge is 0.0585 e. The first-order chi connectivity index (χ1) is 7.90. The molecule has 0 aromatic heterocycles. The average Bonchev–Trinajstić information content (AvgIpc) is 2.27. The van der Waals surface area contributed by atoms with Gasteiger partial charge in [-0.2, -0.15) is 0 Å². The van der Waals surface area contributed by atoms with Crippen LogP contribution >= 0.6 is 0 Å². The fourth-order valence-corrected chi connectivity index (χ4v) is 1.50. The molecule has 0 aliphatic rings. The minimum atomic E-state index is -0.150. The molecule has 0 aromatic carbocycles. The SMILES string of the molecule is CCC(O)C(C)(C)C.CCCCCCCCO. The van der Waals surface area contributed by atoms with E-state index in [9.17, 15) is 5.11 Å². The van der Waals surface area contributed by atoms with E-state index in [4.69, 9.17) is 5.11 Å². The first-order valence-corrected chi connectivity index (χ1v) is 7.19. The summed E-state index contributed by atoms with van der Waals surface area (Å²) in [7, 11) is 0. The van der Waals surface area contributed by atoms with Gasteiger partial charge in [0.15, 0.2) is 0 Å². The van der Waals surface area contributed by atoms with Gasteiger partial charge < -0.3 is 10.2 Å². The van der Waals surface area contributed by atoms with Crippen LogP contribution in [0.3, 0.4) is 0 Å². The summed E-state index contributed by atoms with van der Waals surface area (Å²) >= 11 is 0. The summed E-state index contributed by atoms with van der Waals surface area (Å²) in [4.78, 5) is 0. The Kier molecular flexibility index (Phi) is 14.0. The van der Waals surface area contributed by atoms with Gasteiger partial charge in [-0.15, -0.1) is 0 Å². The summed E-state index contributed by atoms with van der Waals surface area (Å²) in [5.74, 6) is 0. The molecule has 0 saturated carbocycles. The molecule has 106 valence electrons. The molecule has 0 aromatic rings. The van der Waals surface area contributed by atoms with Crippen molar-refractivity contribution in [3.63, 3.8) is 0 Å². The van der Waals surface area contributed by atoms with Crippen LogP contribution in [0.4, 0.5) is 0 Å². The highest BCUT2D eigenvalue weighted by atomic mass is 16.3. The molecule has 2 N–H and O–H groups in total. The number of hydrogen-bond acceptors (Lipinski definition) is 2. The Bertz CT molecular complexity index is 132. The highest BCUT2D eigenvalue weighted by molar-refractivity contribution is 4.70. The minimum absolute atomic E-state index is 0.0642. The molecule has 0 bridgehead atoms. The number of rotatable bonds is 7. The summed E-state index contributed by atoms with van der Waals surface area (Å²) in [6.07, 6.45) is 8.20. The van der Waals surface area contributed by atoms with Gasteiger partial charge in [0, 0.05) is 6.61 Å². The van der Waals surface area contributed by atoms with Crippen LogP contribution in [0.25, 0.3) is 0 Å². The van der Waals surface area contributed by atoms with Crippen molar-refractivity contribution in [2.24, 2.45) is 5.41 Å². The van der Waals surface area contributed by atoms with E-state index in [1.807, 2.05) is 27.7 Å². The van der Waals surface area contributed by atoms with Crippen molar-refractivity contribution < 1.29 is 10.2 Å². The Labute approximate surface area is 108 Å². The van der Waals surface area contributed by atoms with E-state index in [0.717, 1.165) is 12.8 Å². The second-order valence-electron chi connectivity index (χ2n) is 5.78. The fourth-order valence-electron chi connectivity index (χ4n) is 1.50. The van der Waals surface area contributed by atoms with Gasteiger partial charge in [0.2, 0.25) is 0 Å².